The van der Waals surface area contributed by atoms with Crippen molar-refractivity contribution in [3.63, 3.8) is 0 Å². The minimum Gasteiger partial charge on any atom is -0.342 e. The Morgan fingerprint density at radius 1 is 0.882 bits per heavy atom. The van der Waals surface area contributed by atoms with Gasteiger partial charge in [-0.2, -0.15) is 0 Å². The van der Waals surface area contributed by atoms with Gasteiger partial charge in [0.05, 0.1) is 18.0 Å². The summed E-state index contributed by atoms with van der Waals surface area (Å²) in [4.78, 5) is 26.8. The van der Waals surface area contributed by atoms with Gasteiger partial charge in [-0.1, -0.05) is 54.1 Å². The lowest BCUT2D eigenvalue weighted by Crippen LogP contribution is -2.28. The van der Waals surface area contributed by atoms with Crippen molar-refractivity contribution in [1.29, 1.82) is 0 Å². The van der Waals surface area contributed by atoms with Gasteiger partial charge in [0, 0.05) is 38.8 Å². The number of rotatable bonds is 5. The van der Waals surface area contributed by atoms with E-state index in [4.69, 9.17) is 11.6 Å². The maximum absolute atomic E-state index is 14.2. The Hall–Kier alpha value is -3.42. The van der Waals surface area contributed by atoms with Gasteiger partial charge in [0.15, 0.2) is 0 Å². The average molecular weight is 495 g/mol. The van der Waals surface area contributed by atoms with E-state index in [9.17, 15) is 18.4 Å². The van der Waals surface area contributed by atoms with Crippen molar-refractivity contribution in [1.82, 2.24) is 9.47 Å². The molecule has 0 bridgehead atoms. The van der Waals surface area contributed by atoms with Gasteiger partial charge in [-0.15, -0.1) is 0 Å². The molecule has 1 aliphatic rings. The Balaban J connectivity index is 1.48. The predicted molar refractivity (Wildman–Crippen MR) is 130 cm³/mol. The first kappa shape index (κ1) is 22.4. The molecule has 170 valence electrons. The number of para-hydroxylation sites is 1. The number of imide groups is 1. The van der Waals surface area contributed by atoms with Crippen molar-refractivity contribution in [2.24, 2.45) is 0 Å². The van der Waals surface area contributed by atoms with Crippen LogP contribution in [0.25, 0.3) is 17.0 Å². The number of amides is 2. The molecule has 5 rings (SSSR count). The van der Waals surface area contributed by atoms with Crippen LogP contribution in [0.4, 0.5) is 13.6 Å². The summed E-state index contributed by atoms with van der Waals surface area (Å²) in [5.74, 6) is -1.39. The quantitative estimate of drug-likeness (QED) is 0.285. The molecule has 34 heavy (non-hydrogen) atoms. The minimum absolute atomic E-state index is 0.0919. The molecule has 0 atom stereocenters. The highest BCUT2D eigenvalue weighted by Crippen LogP contribution is 2.36. The number of nitrogens with zero attached hydrogens (tertiary/aromatic N) is 2. The van der Waals surface area contributed by atoms with Crippen LogP contribution >= 0.6 is 23.4 Å². The Morgan fingerprint density at radius 3 is 2.41 bits per heavy atom. The van der Waals surface area contributed by atoms with E-state index < -0.39 is 17.0 Å². The summed E-state index contributed by atoms with van der Waals surface area (Å²) in [5.41, 5.74) is 2.22. The molecule has 0 N–H and O–H groups in total. The molecule has 2 heterocycles. The molecule has 4 aromatic rings. The molecular formula is C26H17ClF2N2O2S. The fourth-order valence-electron chi connectivity index (χ4n) is 3.95. The minimum atomic E-state index is -0.577. The highest BCUT2D eigenvalue weighted by atomic mass is 35.5. The second-order valence-electron chi connectivity index (χ2n) is 7.79. The lowest BCUT2D eigenvalue weighted by molar-refractivity contribution is -0.123. The number of carbonyl (C=O) groups excluding carboxylic acids is 2. The molecule has 0 radical (unpaired) electrons. The molecule has 3 aromatic carbocycles. The Kier molecular flexibility index (Phi) is 5.98. The number of fused-ring (bicyclic) bond motifs is 1. The maximum Gasteiger partial charge on any atom is 0.293 e. The SMILES string of the molecule is O=C1S/C(=C\c2cn(Cc3ccccc3F)c3ccccc23)C(=O)N1Cc1c(F)cccc1Cl. The van der Waals surface area contributed by atoms with E-state index in [-0.39, 0.29) is 27.9 Å². The number of benzene rings is 3. The smallest absolute Gasteiger partial charge is 0.293 e. The number of hydrogen-bond donors (Lipinski definition) is 0. The molecule has 8 heteroatoms. The Morgan fingerprint density at radius 2 is 1.62 bits per heavy atom. The van der Waals surface area contributed by atoms with Crippen LogP contribution in [0.1, 0.15) is 16.7 Å². The predicted octanol–water partition coefficient (Wildman–Crippen LogP) is 6.86. The van der Waals surface area contributed by atoms with Crippen molar-refractivity contribution in [2.45, 2.75) is 13.1 Å². The van der Waals surface area contributed by atoms with Gasteiger partial charge in [0.2, 0.25) is 0 Å². The highest BCUT2D eigenvalue weighted by Gasteiger charge is 2.36. The van der Waals surface area contributed by atoms with Crippen LogP contribution in [0, 0.1) is 11.6 Å². The van der Waals surface area contributed by atoms with E-state index in [0.717, 1.165) is 33.1 Å². The zero-order valence-electron chi connectivity index (χ0n) is 17.7. The fraction of sp³-hybridized carbons (Fsp3) is 0.0769. The summed E-state index contributed by atoms with van der Waals surface area (Å²) in [6.07, 6.45) is 3.48. The van der Waals surface area contributed by atoms with E-state index in [1.54, 1.807) is 24.3 Å². The number of hydrogen-bond acceptors (Lipinski definition) is 3. The standard InChI is InChI=1S/C26H17ClF2N2O2S/c27-20-8-5-10-22(29)19(20)15-31-25(32)24(34-26(31)33)12-17-14-30(23-11-4-2-7-18(17)23)13-16-6-1-3-9-21(16)28/h1-12,14H,13,15H2/b24-12-. The maximum atomic E-state index is 14.2. The van der Waals surface area contributed by atoms with E-state index in [1.165, 1.54) is 24.3 Å². The molecule has 0 unspecified atom stereocenters. The van der Waals surface area contributed by atoms with E-state index in [2.05, 4.69) is 0 Å². The van der Waals surface area contributed by atoms with Crippen molar-refractivity contribution in [3.05, 3.63) is 111 Å². The third-order valence-electron chi connectivity index (χ3n) is 5.66. The third-order valence-corrected chi connectivity index (χ3v) is 6.92. The summed E-state index contributed by atoms with van der Waals surface area (Å²) in [6.45, 7) is 0.0663. The summed E-state index contributed by atoms with van der Waals surface area (Å²) >= 11 is 6.87. The second kappa shape index (κ2) is 9.08. The molecule has 1 fully saturated rings. The Labute approximate surface area is 203 Å². The van der Waals surface area contributed by atoms with Gasteiger partial charge < -0.3 is 4.57 Å². The molecule has 1 aromatic heterocycles. The zero-order chi connectivity index (χ0) is 23.8. The normalized spacial score (nSPS) is 15.1. The largest absolute Gasteiger partial charge is 0.342 e. The van der Waals surface area contributed by atoms with E-state index >= 15 is 0 Å². The molecule has 0 spiro atoms. The summed E-state index contributed by atoms with van der Waals surface area (Å²) in [5, 5.41) is 0.521. The molecular weight excluding hydrogens is 478 g/mol. The molecule has 0 aliphatic carbocycles. The van der Waals surface area contributed by atoms with Crippen LogP contribution in [0.5, 0.6) is 0 Å². The number of aromatic nitrogens is 1. The van der Waals surface area contributed by atoms with Gasteiger partial charge >= 0.3 is 0 Å². The van der Waals surface area contributed by atoms with Crippen molar-refractivity contribution in [2.75, 3.05) is 0 Å². The van der Waals surface area contributed by atoms with Crippen LogP contribution < -0.4 is 0 Å². The van der Waals surface area contributed by atoms with Crippen LogP contribution in [0.3, 0.4) is 0 Å². The fourth-order valence-corrected chi connectivity index (χ4v) is 5.00. The van der Waals surface area contributed by atoms with Gasteiger partial charge in [0.25, 0.3) is 11.1 Å². The topological polar surface area (TPSA) is 42.3 Å². The van der Waals surface area contributed by atoms with Gasteiger partial charge in [-0.05, 0) is 42.1 Å². The molecule has 4 nitrogen and oxygen atoms in total. The van der Waals surface area contributed by atoms with Gasteiger partial charge in [0.1, 0.15) is 11.6 Å². The van der Waals surface area contributed by atoms with Gasteiger partial charge in [-0.3, -0.25) is 14.5 Å². The average Bonchev–Trinajstić information content (AvgIpc) is 3.29. The summed E-state index contributed by atoms with van der Waals surface area (Å²) in [6, 6.07) is 18.4. The molecule has 1 aliphatic heterocycles. The molecule has 1 saturated heterocycles. The van der Waals surface area contributed by atoms with Crippen LogP contribution in [-0.2, 0) is 17.9 Å². The van der Waals surface area contributed by atoms with Crippen molar-refractivity contribution >= 4 is 51.5 Å². The van der Waals surface area contributed by atoms with Crippen LogP contribution in [0.2, 0.25) is 5.02 Å². The van der Waals surface area contributed by atoms with Crippen molar-refractivity contribution < 1.29 is 18.4 Å². The number of thioether (sulfide) groups is 1. The molecule has 2 amide bonds. The first-order chi connectivity index (χ1) is 16.4. The molecule has 0 saturated carbocycles. The number of carbonyl (C=O) groups is 2. The Bertz CT molecular complexity index is 1460. The lowest BCUT2D eigenvalue weighted by Gasteiger charge is -2.14. The van der Waals surface area contributed by atoms with E-state index in [1.807, 2.05) is 35.0 Å². The number of halogens is 3. The van der Waals surface area contributed by atoms with Crippen LogP contribution in [0.15, 0.2) is 77.8 Å². The third kappa shape index (κ3) is 4.13. The highest BCUT2D eigenvalue weighted by molar-refractivity contribution is 8.18. The lowest BCUT2D eigenvalue weighted by atomic mass is 10.1. The summed E-state index contributed by atoms with van der Waals surface area (Å²) < 4.78 is 30.3. The first-order valence-corrected chi connectivity index (χ1v) is 11.6. The van der Waals surface area contributed by atoms with Gasteiger partial charge in [-0.25, -0.2) is 8.78 Å². The first-order valence-electron chi connectivity index (χ1n) is 10.4. The van der Waals surface area contributed by atoms with E-state index in [0.29, 0.717) is 12.1 Å². The van der Waals surface area contributed by atoms with Crippen molar-refractivity contribution in [3.8, 4) is 0 Å². The second-order valence-corrected chi connectivity index (χ2v) is 9.19. The monoisotopic (exact) mass is 494 g/mol. The van der Waals surface area contributed by atoms with Crippen LogP contribution in [-0.4, -0.2) is 20.6 Å². The summed E-state index contributed by atoms with van der Waals surface area (Å²) in [7, 11) is 0. The zero-order valence-corrected chi connectivity index (χ0v) is 19.2.